The molecule has 2 N–H and O–H groups in total. The molecule has 2 heterocycles. The molecule has 1 fully saturated rings. The zero-order valence-corrected chi connectivity index (χ0v) is 18.8. The molecule has 138 valence electrons. The number of halogens is 1. The first-order chi connectivity index (χ1) is 10.9. The number of piperidine rings is 1. The van der Waals surface area contributed by atoms with E-state index in [0.717, 1.165) is 12.5 Å². The van der Waals surface area contributed by atoms with Crippen LogP contribution in [0.1, 0.15) is 45.4 Å². The summed E-state index contributed by atoms with van der Waals surface area (Å²) in [6.07, 6.45) is 2.38. The highest BCUT2D eigenvalue weighted by Crippen LogP contribution is 2.26. The van der Waals surface area contributed by atoms with E-state index in [2.05, 4.69) is 65.7 Å². The number of guanidine groups is 1. The van der Waals surface area contributed by atoms with Crippen LogP contribution in [-0.2, 0) is 5.41 Å². The fraction of sp³-hybridized carbons (Fsp3) is 0.722. The number of nitrogens with zero attached hydrogens (tertiary/aromatic N) is 2. The van der Waals surface area contributed by atoms with Gasteiger partial charge in [0.25, 0.3) is 0 Å². The van der Waals surface area contributed by atoms with E-state index in [9.17, 15) is 0 Å². The SMILES string of the molecule is CN=C(NCC(C)(C)c1cccs1)NC1CCN(C(C)C)CC1.I. The number of thiophene rings is 1. The third-order valence-corrected chi connectivity index (χ3v) is 5.95. The number of aliphatic imine (C=N–C) groups is 1. The molecule has 0 aromatic carbocycles. The lowest BCUT2D eigenvalue weighted by molar-refractivity contribution is 0.167. The van der Waals surface area contributed by atoms with Crippen molar-refractivity contribution in [3.8, 4) is 0 Å². The Hall–Kier alpha value is -0.340. The predicted molar refractivity (Wildman–Crippen MR) is 117 cm³/mol. The standard InChI is InChI=1S/C18H32N4S.HI/c1-14(2)22-10-8-15(9-11-22)21-17(19-5)20-13-18(3,4)16-7-6-12-23-16;/h6-7,12,14-15H,8-11,13H2,1-5H3,(H2,19,20,21);1H. The average molecular weight is 464 g/mol. The van der Waals surface area contributed by atoms with Gasteiger partial charge in [0.15, 0.2) is 5.96 Å². The number of likely N-dealkylation sites (tertiary alicyclic amines) is 1. The van der Waals surface area contributed by atoms with Crippen LogP contribution in [0.25, 0.3) is 0 Å². The Balaban J connectivity index is 0.00000288. The zero-order chi connectivity index (χ0) is 16.9. The third-order valence-electron chi connectivity index (χ3n) is 4.71. The fourth-order valence-corrected chi connectivity index (χ4v) is 3.86. The molecule has 24 heavy (non-hydrogen) atoms. The molecule has 6 heteroatoms. The largest absolute Gasteiger partial charge is 0.356 e. The van der Waals surface area contributed by atoms with Gasteiger partial charge >= 0.3 is 0 Å². The van der Waals surface area contributed by atoms with Gasteiger partial charge in [-0.1, -0.05) is 19.9 Å². The van der Waals surface area contributed by atoms with Crippen molar-refractivity contribution in [2.24, 2.45) is 4.99 Å². The Morgan fingerprint density at radius 3 is 2.54 bits per heavy atom. The summed E-state index contributed by atoms with van der Waals surface area (Å²) in [7, 11) is 1.86. The Bertz CT molecular complexity index is 491. The number of rotatable bonds is 5. The molecule has 1 aliphatic rings. The lowest BCUT2D eigenvalue weighted by Gasteiger charge is -2.35. The molecule has 0 atom stereocenters. The van der Waals surface area contributed by atoms with Crippen molar-refractivity contribution in [3.05, 3.63) is 22.4 Å². The second-order valence-electron chi connectivity index (χ2n) is 7.34. The molecule has 0 spiro atoms. The Kier molecular flexibility index (Phi) is 9.01. The van der Waals surface area contributed by atoms with Gasteiger partial charge < -0.3 is 15.5 Å². The van der Waals surface area contributed by atoms with E-state index in [1.165, 1.54) is 30.8 Å². The van der Waals surface area contributed by atoms with E-state index in [0.29, 0.717) is 12.1 Å². The van der Waals surface area contributed by atoms with E-state index in [1.54, 1.807) is 0 Å². The quantitative estimate of drug-likeness (QED) is 0.397. The maximum absolute atomic E-state index is 4.40. The Morgan fingerprint density at radius 1 is 1.38 bits per heavy atom. The molecule has 1 saturated heterocycles. The van der Waals surface area contributed by atoms with E-state index in [4.69, 9.17) is 0 Å². The highest BCUT2D eigenvalue weighted by Gasteiger charge is 2.24. The number of hydrogen-bond donors (Lipinski definition) is 2. The molecule has 0 saturated carbocycles. The van der Waals surface area contributed by atoms with Gasteiger partial charge in [0.1, 0.15) is 0 Å². The van der Waals surface area contributed by atoms with E-state index in [1.807, 2.05) is 18.4 Å². The first-order valence-electron chi connectivity index (χ1n) is 8.67. The predicted octanol–water partition coefficient (Wildman–Crippen LogP) is 3.68. The van der Waals surface area contributed by atoms with Crippen molar-refractivity contribution in [1.82, 2.24) is 15.5 Å². The van der Waals surface area contributed by atoms with Crippen LogP contribution in [-0.4, -0.2) is 49.6 Å². The van der Waals surface area contributed by atoms with Gasteiger partial charge in [0.2, 0.25) is 0 Å². The smallest absolute Gasteiger partial charge is 0.191 e. The van der Waals surface area contributed by atoms with Gasteiger partial charge in [-0.2, -0.15) is 0 Å². The molecule has 2 rings (SSSR count). The Labute approximate surface area is 168 Å². The number of nitrogens with one attached hydrogen (secondary N) is 2. The van der Waals surface area contributed by atoms with Crippen LogP contribution in [0, 0.1) is 0 Å². The molecule has 0 unspecified atom stereocenters. The second kappa shape index (κ2) is 9.97. The van der Waals surface area contributed by atoms with Gasteiger partial charge in [-0.25, -0.2) is 0 Å². The summed E-state index contributed by atoms with van der Waals surface area (Å²) in [6.45, 7) is 12.3. The first kappa shape index (κ1) is 21.7. The van der Waals surface area contributed by atoms with Crippen molar-refractivity contribution in [2.75, 3.05) is 26.7 Å². The van der Waals surface area contributed by atoms with E-state index < -0.39 is 0 Å². The van der Waals surface area contributed by atoms with Crippen molar-refractivity contribution >= 4 is 41.3 Å². The zero-order valence-electron chi connectivity index (χ0n) is 15.6. The van der Waals surface area contributed by atoms with Gasteiger partial charge in [-0.3, -0.25) is 4.99 Å². The minimum absolute atomic E-state index is 0. The normalized spacial score (nSPS) is 17.7. The molecule has 1 aromatic heterocycles. The van der Waals surface area contributed by atoms with E-state index in [-0.39, 0.29) is 29.4 Å². The summed E-state index contributed by atoms with van der Waals surface area (Å²) in [5.74, 6) is 0.928. The molecule has 0 aliphatic carbocycles. The topological polar surface area (TPSA) is 39.7 Å². The van der Waals surface area contributed by atoms with Crippen molar-refractivity contribution < 1.29 is 0 Å². The highest BCUT2D eigenvalue weighted by atomic mass is 127. The minimum atomic E-state index is 0. The monoisotopic (exact) mass is 464 g/mol. The fourth-order valence-electron chi connectivity index (χ4n) is 3.00. The van der Waals surface area contributed by atoms with Crippen molar-refractivity contribution in [1.29, 1.82) is 0 Å². The summed E-state index contributed by atoms with van der Waals surface area (Å²) in [6, 6.07) is 5.52. The molecule has 4 nitrogen and oxygen atoms in total. The summed E-state index contributed by atoms with van der Waals surface area (Å²) in [5, 5.41) is 9.26. The van der Waals surface area contributed by atoms with E-state index >= 15 is 0 Å². The second-order valence-corrected chi connectivity index (χ2v) is 8.28. The average Bonchev–Trinajstić information content (AvgIpc) is 3.07. The third kappa shape index (κ3) is 6.19. The van der Waals surface area contributed by atoms with Crippen LogP contribution >= 0.6 is 35.3 Å². The molecule has 0 bridgehead atoms. The van der Waals surface area contributed by atoms with Gasteiger partial charge in [0.05, 0.1) is 0 Å². The maximum Gasteiger partial charge on any atom is 0.191 e. The van der Waals surface area contributed by atoms with Crippen LogP contribution in [0.3, 0.4) is 0 Å². The lowest BCUT2D eigenvalue weighted by atomic mass is 9.91. The summed E-state index contributed by atoms with van der Waals surface area (Å²) in [4.78, 5) is 8.36. The van der Waals surface area contributed by atoms with Crippen LogP contribution in [0.15, 0.2) is 22.5 Å². The summed E-state index contributed by atoms with van der Waals surface area (Å²) < 4.78 is 0. The maximum atomic E-state index is 4.40. The Morgan fingerprint density at radius 2 is 2.04 bits per heavy atom. The molecule has 1 aromatic rings. The van der Waals surface area contributed by atoms with Gasteiger partial charge in [-0.15, -0.1) is 35.3 Å². The van der Waals surface area contributed by atoms with Gasteiger partial charge in [-0.05, 0) is 38.1 Å². The molecule has 0 radical (unpaired) electrons. The van der Waals surface area contributed by atoms with Crippen molar-refractivity contribution in [2.45, 2.75) is 58.0 Å². The molecule has 0 amide bonds. The molecule has 1 aliphatic heterocycles. The van der Waals surface area contributed by atoms with Crippen molar-refractivity contribution in [3.63, 3.8) is 0 Å². The minimum Gasteiger partial charge on any atom is -0.356 e. The first-order valence-corrected chi connectivity index (χ1v) is 9.55. The lowest BCUT2D eigenvalue weighted by Crippen LogP contribution is -2.51. The summed E-state index contributed by atoms with van der Waals surface area (Å²) >= 11 is 1.82. The van der Waals surface area contributed by atoms with Crippen LogP contribution in [0.2, 0.25) is 0 Å². The summed E-state index contributed by atoms with van der Waals surface area (Å²) in [5.41, 5.74) is 0.118. The van der Waals surface area contributed by atoms with Gasteiger partial charge in [0, 0.05) is 49.1 Å². The molecular weight excluding hydrogens is 431 g/mol. The highest BCUT2D eigenvalue weighted by molar-refractivity contribution is 14.0. The van der Waals surface area contributed by atoms with Crippen LogP contribution < -0.4 is 10.6 Å². The van der Waals surface area contributed by atoms with Crippen LogP contribution in [0.4, 0.5) is 0 Å². The van der Waals surface area contributed by atoms with Crippen LogP contribution in [0.5, 0.6) is 0 Å². The number of hydrogen-bond acceptors (Lipinski definition) is 3. The molecular formula is C18H33IN4S.